The molecule has 0 aliphatic carbocycles. The summed E-state index contributed by atoms with van der Waals surface area (Å²) >= 11 is 0. The van der Waals surface area contributed by atoms with Crippen molar-refractivity contribution in [1.29, 1.82) is 0 Å². The summed E-state index contributed by atoms with van der Waals surface area (Å²) in [7, 11) is 1.41. The Labute approximate surface area is 163 Å². The van der Waals surface area contributed by atoms with Gasteiger partial charge in [0.25, 0.3) is 0 Å². The maximum Gasteiger partial charge on any atom is 0.416 e. The highest BCUT2D eigenvalue weighted by molar-refractivity contribution is 5.69. The molecule has 5 heteroatoms. The molecule has 1 saturated heterocycles. The maximum atomic E-state index is 13.3. The smallest absolute Gasteiger partial charge is 0.416 e. The third kappa shape index (κ3) is 3.95. The van der Waals surface area contributed by atoms with Gasteiger partial charge in [-0.25, -0.2) is 0 Å². The first kappa shape index (κ1) is 19.1. The number of nitrogens with zero attached hydrogens (tertiary/aromatic N) is 1. The molecule has 4 rings (SSSR count). The summed E-state index contributed by atoms with van der Waals surface area (Å²) in [4.78, 5) is 2.51. The van der Waals surface area contributed by atoms with E-state index in [-0.39, 0.29) is 11.8 Å². The van der Waals surface area contributed by atoms with Gasteiger partial charge >= 0.3 is 6.18 Å². The largest absolute Gasteiger partial charge is 0.497 e. The van der Waals surface area contributed by atoms with E-state index in [2.05, 4.69) is 23.1 Å². The average molecular weight is 387 g/mol. The van der Waals surface area contributed by atoms with Crippen LogP contribution in [-0.2, 0) is 12.7 Å². The van der Waals surface area contributed by atoms with Gasteiger partial charge in [-0.05, 0) is 54.2 Å². The molecule has 0 spiro atoms. The van der Waals surface area contributed by atoms with E-state index in [0.29, 0.717) is 11.6 Å². The van der Waals surface area contributed by atoms with Crippen molar-refractivity contribution in [2.24, 2.45) is 0 Å². The van der Waals surface area contributed by atoms with Gasteiger partial charge in [0.2, 0.25) is 0 Å². The summed E-state index contributed by atoms with van der Waals surface area (Å²) < 4.78 is 45.0. The molecule has 2 unspecified atom stereocenters. The predicted octanol–water partition coefficient (Wildman–Crippen LogP) is 5.92. The number of hydrogen-bond acceptors (Lipinski definition) is 2. The molecule has 2 nitrogen and oxygen atoms in total. The average Bonchev–Trinajstić information content (AvgIpc) is 2.67. The van der Waals surface area contributed by atoms with Gasteiger partial charge in [0, 0.05) is 18.6 Å². The first-order chi connectivity index (χ1) is 13.4. The highest BCUT2D eigenvalue weighted by Crippen LogP contribution is 2.40. The Balaban J connectivity index is 1.65. The lowest BCUT2D eigenvalue weighted by Gasteiger charge is -2.45. The van der Waals surface area contributed by atoms with Gasteiger partial charge in [0.05, 0.1) is 12.7 Å². The van der Waals surface area contributed by atoms with Crippen molar-refractivity contribution in [2.45, 2.75) is 50.5 Å². The molecule has 0 saturated carbocycles. The van der Waals surface area contributed by atoms with Crippen molar-refractivity contribution >= 4 is 5.57 Å². The Morgan fingerprint density at radius 3 is 2.54 bits per heavy atom. The molecule has 2 heterocycles. The van der Waals surface area contributed by atoms with Crippen molar-refractivity contribution < 1.29 is 17.9 Å². The summed E-state index contributed by atoms with van der Waals surface area (Å²) in [6.45, 7) is 0.881. The molecule has 0 N–H and O–H groups in total. The first-order valence-corrected chi connectivity index (χ1v) is 9.71. The third-order valence-electron chi connectivity index (χ3n) is 5.83. The third-order valence-corrected chi connectivity index (χ3v) is 5.83. The molecule has 148 valence electrons. The van der Waals surface area contributed by atoms with Crippen LogP contribution < -0.4 is 4.74 Å². The summed E-state index contributed by atoms with van der Waals surface area (Å²) in [5.41, 5.74) is 2.25. The molecule has 0 amide bonds. The Hall–Kier alpha value is -2.27. The lowest BCUT2D eigenvalue weighted by atomic mass is 9.82. The maximum absolute atomic E-state index is 13.3. The fourth-order valence-electron chi connectivity index (χ4n) is 4.44. The van der Waals surface area contributed by atoms with E-state index in [1.54, 1.807) is 6.07 Å². The van der Waals surface area contributed by atoms with Crippen LogP contribution in [0.1, 0.15) is 42.4 Å². The SMILES string of the molecule is COc1cc(C2=CC3CCCC(C2)N3Cc2ccccc2)cc(C(F)(F)F)c1. The molecule has 2 atom stereocenters. The van der Waals surface area contributed by atoms with E-state index >= 15 is 0 Å². The van der Waals surface area contributed by atoms with Crippen LogP contribution in [0.5, 0.6) is 5.75 Å². The van der Waals surface area contributed by atoms with Crippen LogP contribution >= 0.6 is 0 Å². The number of piperidine rings is 1. The van der Waals surface area contributed by atoms with Crippen LogP contribution in [0.3, 0.4) is 0 Å². The van der Waals surface area contributed by atoms with Gasteiger partial charge in [-0.15, -0.1) is 0 Å². The van der Waals surface area contributed by atoms with Crippen molar-refractivity contribution in [3.05, 3.63) is 71.3 Å². The molecule has 2 aliphatic heterocycles. The van der Waals surface area contributed by atoms with Gasteiger partial charge in [0.1, 0.15) is 5.75 Å². The topological polar surface area (TPSA) is 12.5 Å². The quantitative estimate of drug-likeness (QED) is 0.645. The molecule has 2 aromatic rings. The Morgan fingerprint density at radius 2 is 1.86 bits per heavy atom. The molecule has 2 aromatic carbocycles. The number of ether oxygens (including phenoxy) is 1. The zero-order chi connectivity index (χ0) is 19.7. The van der Waals surface area contributed by atoms with Crippen LogP contribution in [0, 0.1) is 0 Å². The zero-order valence-electron chi connectivity index (χ0n) is 15.9. The molecule has 2 aliphatic rings. The Bertz CT molecular complexity index is 860. The molecule has 1 fully saturated rings. The first-order valence-electron chi connectivity index (χ1n) is 9.71. The number of hydrogen-bond donors (Lipinski definition) is 0. The van der Waals surface area contributed by atoms with Crippen LogP contribution in [0.25, 0.3) is 5.57 Å². The number of halogens is 3. The molecular weight excluding hydrogens is 363 g/mol. The minimum atomic E-state index is -4.38. The van der Waals surface area contributed by atoms with Gasteiger partial charge in [-0.1, -0.05) is 42.8 Å². The summed E-state index contributed by atoms with van der Waals surface area (Å²) in [5.74, 6) is 0.252. The van der Waals surface area contributed by atoms with Crippen molar-refractivity contribution in [3.63, 3.8) is 0 Å². The summed E-state index contributed by atoms with van der Waals surface area (Å²) in [6.07, 6.45) is 1.85. The second kappa shape index (κ2) is 7.63. The summed E-state index contributed by atoms with van der Waals surface area (Å²) in [5, 5.41) is 0. The number of rotatable bonds is 4. The van der Waals surface area contributed by atoms with Crippen molar-refractivity contribution in [1.82, 2.24) is 4.90 Å². The van der Waals surface area contributed by atoms with E-state index in [9.17, 15) is 13.2 Å². The van der Waals surface area contributed by atoms with Gasteiger partial charge in [0.15, 0.2) is 0 Å². The molecular formula is C23H24F3NO. The lowest BCUT2D eigenvalue weighted by Crippen LogP contribution is -2.47. The van der Waals surface area contributed by atoms with Crippen LogP contribution in [0.4, 0.5) is 13.2 Å². The van der Waals surface area contributed by atoms with E-state index in [1.807, 2.05) is 18.2 Å². The standard InChI is InChI=1S/C23H24F3NO/c1-28-22-13-17(10-19(14-22)23(24,25)26)18-11-20-8-5-9-21(12-18)27(20)15-16-6-3-2-4-7-16/h2-4,6-7,10-11,13-14,20-21H,5,8-9,12,15H2,1H3. The number of methoxy groups -OCH3 is 1. The molecule has 2 bridgehead atoms. The fraction of sp³-hybridized carbons (Fsp3) is 0.391. The highest BCUT2D eigenvalue weighted by atomic mass is 19.4. The van der Waals surface area contributed by atoms with Gasteiger partial charge in [-0.3, -0.25) is 4.90 Å². The van der Waals surface area contributed by atoms with E-state index in [0.717, 1.165) is 43.9 Å². The van der Waals surface area contributed by atoms with E-state index < -0.39 is 11.7 Å². The number of alkyl halides is 3. The van der Waals surface area contributed by atoms with E-state index in [4.69, 9.17) is 4.74 Å². The van der Waals surface area contributed by atoms with Crippen LogP contribution in [-0.4, -0.2) is 24.1 Å². The second-order valence-electron chi connectivity index (χ2n) is 7.65. The second-order valence-corrected chi connectivity index (χ2v) is 7.65. The normalized spacial score (nSPS) is 22.6. The molecule has 0 radical (unpaired) electrons. The number of fused-ring (bicyclic) bond motifs is 2. The summed E-state index contributed by atoms with van der Waals surface area (Å²) in [6, 6.07) is 15.0. The monoisotopic (exact) mass is 387 g/mol. The Morgan fingerprint density at radius 1 is 1.07 bits per heavy atom. The van der Waals surface area contributed by atoms with Crippen molar-refractivity contribution in [3.8, 4) is 5.75 Å². The lowest BCUT2D eigenvalue weighted by molar-refractivity contribution is -0.137. The van der Waals surface area contributed by atoms with E-state index in [1.165, 1.54) is 18.7 Å². The molecule has 28 heavy (non-hydrogen) atoms. The Kier molecular flexibility index (Phi) is 5.19. The highest BCUT2D eigenvalue weighted by Gasteiger charge is 2.36. The van der Waals surface area contributed by atoms with Crippen LogP contribution in [0.15, 0.2) is 54.6 Å². The van der Waals surface area contributed by atoms with Crippen molar-refractivity contribution in [2.75, 3.05) is 7.11 Å². The van der Waals surface area contributed by atoms with Gasteiger partial charge < -0.3 is 4.74 Å². The van der Waals surface area contributed by atoms with Gasteiger partial charge in [-0.2, -0.15) is 13.2 Å². The van der Waals surface area contributed by atoms with Crippen LogP contribution in [0.2, 0.25) is 0 Å². The zero-order valence-corrected chi connectivity index (χ0v) is 15.9. The number of benzene rings is 2. The predicted molar refractivity (Wildman–Crippen MR) is 104 cm³/mol. The molecule has 0 aromatic heterocycles. The minimum absolute atomic E-state index is 0.252. The minimum Gasteiger partial charge on any atom is -0.497 e. The fourth-order valence-corrected chi connectivity index (χ4v) is 4.44.